The standard InChI is InChI=1S/C13H13N3O/c1-10(2)12-8-13(14-9-17)16(15-12)11-6-4-3-5-7-11/h3-8,10H,1-2H3. The van der Waals surface area contributed by atoms with Gasteiger partial charge in [-0.15, -0.1) is 4.99 Å². The molecule has 0 radical (unpaired) electrons. The van der Waals surface area contributed by atoms with Crippen LogP contribution in [-0.4, -0.2) is 15.9 Å². The van der Waals surface area contributed by atoms with Gasteiger partial charge in [0.25, 0.3) is 0 Å². The topological polar surface area (TPSA) is 47.2 Å². The lowest BCUT2D eigenvalue weighted by Crippen LogP contribution is -1.97. The first-order valence-corrected chi connectivity index (χ1v) is 5.45. The second kappa shape index (κ2) is 4.76. The molecular formula is C13H13N3O. The SMILES string of the molecule is CC(C)c1cc(N=C=O)n(-c2ccccc2)n1. The molecule has 1 aromatic carbocycles. The van der Waals surface area contributed by atoms with Gasteiger partial charge in [-0.2, -0.15) is 5.10 Å². The summed E-state index contributed by atoms with van der Waals surface area (Å²) in [6.07, 6.45) is 1.56. The molecule has 86 valence electrons. The van der Waals surface area contributed by atoms with Crippen LogP contribution in [0.5, 0.6) is 0 Å². The Bertz CT molecular complexity index is 551. The van der Waals surface area contributed by atoms with Crippen LogP contribution in [0.25, 0.3) is 5.69 Å². The van der Waals surface area contributed by atoms with E-state index >= 15 is 0 Å². The summed E-state index contributed by atoms with van der Waals surface area (Å²) >= 11 is 0. The number of rotatable bonds is 3. The Morgan fingerprint density at radius 1 is 1.29 bits per heavy atom. The molecule has 0 aliphatic heterocycles. The van der Waals surface area contributed by atoms with Crippen molar-refractivity contribution in [2.45, 2.75) is 19.8 Å². The van der Waals surface area contributed by atoms with E-state index in [1.165, 1.54) is 0 Å². The fourth-order valence-electron chi connectivity index (χ4n) is 1.56. The van der Waals surface area contributed by atoms with Crippen LogP contribution in [0.1, 0.15) is 25.5 Å². The molecule has 0 bridgehead atoms. The Kier molecular flexibility index (Phi) is 3.17. The molecule has 0 aliphatic rings. The van der Waals surface area contributed by atoms with Gasteiger partial charge < -0.3 is 0 Å². The molecule has 0 spiro atoms. The molecule has 0 unspecified atom stereocenters. The second-order valence-electron chi connectivity index (χ2n) is 4.03. The lowest BCUT2D eigenvalue weighted by molar-refractivity contribution is 0.565. The maximum absolute atomic E-state index is 10.4. The van der Waals surface area contributed by atoms with Crippen molar-refractivity contribution in [2.24, 2.45) is 4.99 Å². The number of aliphatic imine (C=N–C) groups is 1. The highest BCUT2D eigenvalue weighted by molar-refractivity contribution is 5.49. The fourth-order valence-corrected chi connectivity index (χ4v) is 1.56. The van der Waals surface area contributed by atoms with E-state index in [1.54, 1.807) is 10.8 Å². The van der Waals surface area contributed by atoms with Crippen LogP contribution in [0.2, 0.25) is 0 Å². The molecule has 2 aromatic rings. The van der Waals surface area contributed by atoms with Crippen LogP contribution in [0.3, 0.4) is 0 Å². The third-order valence-corrected chi connectivity index (χ3v) is 2.46. The highest BCUT2D eigenvalue weighted by atomic mass is 16.1. The predicted molar refractivity (Wildman–Crippen MR) is 65.4 cm³/mol. The van der Waals surface area contributed by atoms with Crippen molar-refractivity contribution in [3.63, 3.8) is 0 Å². The Morgan fingerprint density at radius 2 is 2.00 bits per heavy atom. The number of para-hydroxylation sites is 1. The van der Waals surface area contributed by atoms with Crippen LogP contribution in [0.15, 0.2) is 41.4 Å². The molecule has 4 heteroatoms. The van der Waals surface area contributed by atoms with Crippen molar-refractivity contribution in [3.05, 3.63) is 42.1 Å². The Labute approximate surface area is 99.6 Å². The summed E-state index contributed by atoms with van der Waals surface area (Å²) < 4.78 is 1.65. The Balaban J connectivity index is 2.56. The summed E-state index contributed by atoms with van der Waals surface area (Å²) in [7, 11) is 0. The van der Waals surface area contributed by atoms with Gasteiger partial charge in [-0.3, -0.25) is 0 Å². The average molecular weight is 227 g/mol. The van der Waals surface area contributed by atoms with Crippen molar-refractivity contribution >= 4 is 11.9 Å². The first-order chi connectivity index (χ1) is 8.22. The number of hydrogen-bond donors (Lipinski definition) is 0. The van der Waals surface area contributed by atoms with Gasteiger partial charge in [0.1, 0.15) is 0 Å². The molecular weight excluding hydrogens is 214 g/mol. The number of carbonyl (C=O) groups excluding carboxylic acids is 1. The molecule has 17 heavy (non-hydrogen) atoms. The van der Waals surface area contributed by atoms with Gasteiger partial charge in [0, 0.05) is 6.07 Å². The molecule has 0 aliphatic carbocycles. The van der Waals surface area contributed by atoms with E-state index in [0.717, 1.165) is 11.4 Å². The van der Waals surface area contributed by atoms with E-state index in [0.29, 0.717) is 11.7 Å². The number of nitrogens with zero attached hydrogens (tertiary/aromatic N) is 3. The zero-order chi connectivity index (χ0) is 12.3. The zero-order valence-corrected chi connectivity index (χ0v) is 9.79. The van der Waals surface area contributed by atoms with Gasteiger partial charge in [0.2, 0.25) is 6.08 Å². The third kappa shape index (κ3) is 2.32. The van der Waals surface area contributed by atoms with Crippen molar-refractivity contribution in [3.8, 4) is 5.69 Å². The summed E-state index contributed by atoms with van der Waals surface area (Å²) in [5.41, 5.74) is 1.79. The van der Waals surface area contributed by atoms with E-state index in [2.05, 4.69) is 10.1 Å². The largest absolute Gasteiger partial charge is 0.242 e. The number of benzene rings is 1. The summed E-state index contributed by atoms with van der Waals surface area (Å²) in [5, 5.41) is 4.44. The van der Waals surface area contributed by atoms with Crippen molar-refractivity contribution in [1.82, 2.24) is 9.78 Å². The summed E-state index contributed by atoms with van der Waals surface area (Å²) in [5.74, 6) is 0.801. The minimum atomic E-state index is 0.292. The third-order valence-electron chi connectivity index (χ3n) is 2.46. The van der Waals surface area contributed by atoms with Crippen LogP contribution in [0, 0.1) is 0 Å². The summed E-state index contributed by atoms with van der Waals surface area (Å²) in [6, 6.07) is 11.4. The van der Waals surface area contributed by atoms with E-state index in [9.17, 15) is 4.79 Å². The van der Waals surface area contributed by atoms with Gasteiger partial charge in [0.15, 0.2) is 5.82 Å². The highest BCUT2D eigenvalue weighted by Crippen LogP contribution is 2.23. The number of aromatic nitrogens is 2. The van der Waals surface area contributed by atoms with Crippen LogP contribution >= 0.6 is 0 Å². The molecule has 1 aromatic heterocycles. The molecule has 0 atom stereocenters. The highest BCUT2D eigenvalue weighted by Gasteiger charge is 2.11. The normalized spacial score (nSPS) is 10.3. The smallest absolute Gasteiger partial charge is 0.214 e. The predicted octanol–water partition coefficient (Wildman–Crippen LogP) is 2.96. The lowest BCUT2D eigenvalue weighted by Gasteiger charge is -2.02. The maximum atomic E-state index is 10.4. The van der Waals surface area contributed by atoms with E-state index in [4.69, 9.17) is 0 Å². The van der Waals surface area contributed by atoms with Crippen LogP contribution < -0.4 is 0 Å². The Morgan fingerprint density at radius 3 is 2.59 bits per heavy atom. The van der Waals surface area contributed by atoms with Crippen molar-refractivity contribution in [2.75, 3.05) is 0 Å². The van der Waals surface area contributed by atoms with E-state index in [-0.39, 0.29) is 0 Å². The average Bonchev–Trinajstić information content (AvgIpc) is 2.75. The number of hydrogen-bond acceptors (Lipinski definition) is 3. The summed E-state index contributed by atoms with van der Waals surface area (Å²) in [6.45, 7) is 4.10. The van der Waals surface area contributed by atoms with E-state index < -0.39 is 0 Å². The molecule has 0 saturated heterocycles. The first kappa shape index (κ1) is 11.3. The Hall–Kier alpha value is -2.19. The van der Waals surface area contributed by atoms with Gasteiger partial charge in [0.05, 0.1) is 11.4 Å². The van der Waals surface area contributed by atoms with Crippen LogP contribution in [0.4, 0.5) is 5.82 Å². The maximum Gasteiger partial charge on any atom is 0.242 e. The van der Waals surface area contributed by atoms with Gasteiger partial charge in [-0.25, -0.2) is 9.48 Å². The molecule has 0 saturated carbocycles. The molecule has 0 fully saturated rings. The van der Waals surface area contributed by atoms with Crippen LogP contribution in [-0.2, 0) is 4.79 Å². The molecule has 4 nitrogen and oxygen atoms in total. The van der Waals surface area contributed by atoms with Crippen molar-refractivity contribution in [1.29, 1.82) is 0 Å². The van der Waals surface area contributed by atoms with Gasteiger partial charge in [-0.1, -0.05) is 32.0 Å². The lowest BCUT2D eigenvalue weighted by atomic mass is 10.1. The quantitative estimate of drug-likeness (QED) is 0.597. The first-order valence-electron chi connectivity index (χ1n) is 5.45. The minimum Gasteiger partial charge on any atom is -0.214 e. The molecule has 1 heterocycles. The van der Waals surface area contributed by atoms with Gasteiger partial charge in [-0.05, 0) is 18.1 Å². The molecule has 0 N–H and O–H groups in total. The minimum absolute atomic E-state index is 0.292. The summed E-state index contributed by atoms with van der Waals surface area (Å²) in [4.78, 5) is 14.1. The molecule has 2 rings (SSSR count). The fraction of sp³-hybridized carbons (Fsp3) is 0.231. The monoisotopic (exact) mass is 227 g/mol. The zero-order valence-electron chi connectivity index (χ0n) is 9.79. The number of isocyanates is 1. The van der Waals surface area contributed by atoms with E-state index in [1.807, 2.05) is 50.2 Å². The molecule has 0 amide bonds. The van der Waals surface area contributed by atoms with Gasteiger partial charge >= 0.3 is 0 Å². The second-order valence-corrected chi connectivity index (χ2v) is 4.03. The van der Waals surface area contributed by atoms with Crippen molar-refractivity contribution < 1.29 is 4.79 Å².